The van der Waals surface area contributed by atoms with Crippen LogP contribution < -0.4 is 4.80 Å². The number of ether oxygens (including phenoxy) is 1. The van der Waals surface area contributed by atoms with Crippen molar-refractivity contribution in [1.29, 1.82) is 0 Å². The van der Waals surface area contributed by atoms with Crippen LogP contribution in [-0.4, -0.2) is 24.2 Å². The molecule has 4 nitrogen and oxygen atoms in total. The normalized spacial score (nSPS) is 12.1. The van der Waals surface area contributed by atoms with E-state index in [1.165, 1.54) is 29.5 Å². The third kappa shape index (κ3) is 3.66. The molecule has 25 heavy (non-hydrogen) atoms. The van der Waals surface area contributed by atoms with Gasteiger partial charge in [0.05, 0.1) is 16.8 Å². The van der Waals surface area contributed by atoms with Gasteiger partial charge in [-0.2, -0.15) is 4.99 Å². The zero-order chi connectivity index (χ0) is 18.0. The fraction of sp³-hybridized carbons (Fsp3) is 0.222. The maximum atomic E-state index is 13.3. The second kappa shape index (κ2) is 7.47. The molecule has 0 aliphatic rings. The molecule has 0 unspecified atom stereocenters. The Labute approximate surface area is 153 Å². The Hall–Kier alpha value is -2.02. The highest BCUT2D eigenvalue weighted by Gasteiger charge is 2.13. The van der Waals surface area contributed by atoms with Gasteiger partial charge in [0.15, 0.2) is 4.80 Å². The van der Waals surface area contributed by atoms with Gasteiger partial charge >= 0.3 is 0 Å². The number of rotatable bonds is 4. The summed E-state index contributed by atoms with van der Waals surface area (Å²) in [7, 11) is 1.61. The van der Waals surface area contributed by atoms with E-state index in [1.807, 2.05) is 23.6 Å². The quantitative estimate of drug-likeness (QED) is 0.683. The molecule has 1 heterocycles. The van der Waals surface area contributed by atoms with E-state index in [4.69, 9.17) is 16.3 Å². The highest BCUT2D eigenvalue weighted by molar-refractivity contribution is 7.16. The van der Waals surface area contributed by atoms with Crippen molar-refractivity contribution < 1.29 is 13.9 Å². The smallest absolute Gasteiger partial charge is 0.279 e. The van der Waals surface area contributed by atoms with Crippen LogP contribution in [0.3, 0.4) is 0 Å². The van der Waals surface area contributed by atoms with Gasteiger partial charge in [-0.05, 0) is 42.8 Å². The molecule has 0 fully saturated rings. The van der Waals surface area contributed by atoms with Crippen LogP contribution in [0.5, 0.6) is 0 Å². The highest BCUT2D eigenvalue weighted by atomic mass is 35.5. The summed E-state index contributed by atoms with van der Waals surface area (Å²) in [4.78, 5) is 17.2. The van der Waals surface area contributed by atoms with Crippen molar-refractivity contribution in [2.24, 2.45) is 4.99 Å². The van der Waals surface area contributed by atoms with Crippen LogP contribution >= 0.6 is 22.9 Å². The number of amides is 1. The number of aryl methyl sites for hydroxylation is 1. The number of hydrogen-bond donors (Lipinski definition) is 0. The van der Waals surface area contributed by atoms with E-state index < -0.39 is 11.7 Å². The Morgan fingerprint density at radius 3 is 2.88 bits per heavy atom. The van der Waals surface area contributed by atoms with Gasteiger partial charge in [0.25, 0.3) is 5.91 Å². The monoisotopic (exact) mass is 378 g/mol. The molecule has 0 bridgehead atoms. The first-order valence-electron chi connectivity index (χ1n) is 7.63. The van der Waals surface area contributed by atoms with Gasteiger partial charge < -0.3 is 9.30 Å². The van der Waals surface area contributed by atoms with Crippen molar-refractivity contribution in [3.05, 3.63) is 63.2 Å². The highest BCUT2D eigenvalue weighted by Crippen LogP contribution is 2.27. The predicted molar refractivity (Wildman–Crippen MR) is 97.7 cm³/mol. The van der Waals surface area contributed by atoms with Crippen molar-refractivity contribution in [2.45, 2.75) is 13.5 Å². The van der Waals surface area contributed by atoms with Crippen LogP contribution in [0, 0.1) is 12.7 Å². The Morgan fingerprint density at radius 1 is 1.36 bits per heavy atom. The largest absolute Gasteiger partial charge is 0.383 e. The van der Waals surface area contributed by atoms with E-state index in [2.05, 4.69) is 4.99 Å². The molecule has 0 spiro atoms. The second-order valence-corrected chi connectivity index (χ2v) is 6.89. The summed E-state index contributed by atoms with van der Waals surface area (Å²) in [6.45, 7) is 2.94. The molecule has 3 rings (SSSR count). The number of methoxy groups -OCH3 is 1. The molecule has 1 amide bonds. The first-order chi connectivity index (χ1) is 12.0. The van der Waals surface area contributed by atoms with Gasteiger partial charge in [-0.3, -0.25) is 4.79 Å². The molecule has 0 saturated heterocycles. The second-order valence-electron chi connectivity index (χ2n) is 5.48. The number of carbonyl (C=O) groups excluding carboxylic acids is 1. The standard InChI is InChI=1S/C18H16ClFN2O2S/c1-11-14(19)6-7-15-16(11)22(8-9-24-2)18(25-15)21-17(23)12-4-3-5-13(20)10-12/h3-7,10H,8-9H2,1-2H3. The Bertz CT molecular complexity index is 1010. The lowest BCUT2D eigenvalue weighted by atomic mass is 10.2. The zero-order valence-corrected chi connectivity index (χ0v) is 15.3. The average Bonchev–Trinajstić information content (AvgIpc) is 2.94. The fourth-order valence-electron chi connectivity index (χ4n) is 2.56. The molecule has 0 radical (unpaired) electrons. The van der Waals surface area contributed by atoms with Crippen LogP contribution in [0.2, 0.25) is 5.02 Å². The lowest BCUT2D eigenvalue weighted by Crippen LogP contribution is -2.19. The number of thiazole rings is 1. The molecule has 3 aromatic rings. The minimum Gasteiger partial charge on any atom is -0.383 e. The summed E-state index contributed by atoms with van der Waals surface area (Å²) in [5.41, 5.74) is 2.07. The summed E-state index contributed by atoms with van der Waals surface area (Å²) in [5.74, 6) is -0.951. The first kappa shape index (κ1) is 17.8. The van der Waals surface area contributed by atoms with Gasteiger partial charge in [0, 0.05) is 24.2 Å². The summed E-state index contributed by atoms with van der Waals surface area (Å²) < 4.78 is 21.4. The van der Waals surface area contributed by atoms with Crippen molar-refractivity contribution >= 4 is 39.1 Å². The number of carbonyl (C=O) groups is 1. The molecule has 2 aromatic carbocycles. The fourth-order valence-corrected chi connectivity index (χ4v) is 3.83. The maximum Gasteiger partial charge on any atom is 0.279 e. The van der Waals surface area contributed by atoms with Gasteiger partial charge in [0.1, 0.15) is 5.82 Å². The lowest BCUT2D eigenvalue weighted by molar-refractivity contribution is 0.0997. The minimum atomic E-state index is -0.485. The average molecular weight is 379 g/mol. The number of hydrogen-bond acceptors (Lipinski definition) is 3. The zero-order valence-electron chi connectivity index (χ0n) is 13.8. The Morgan fingerprint density at radius 2 is 2.16 bits per heavy atom. The van der Waals surface area contributed by atoms with E-state index in [-0.39, 0.29) is 5.56 Å². The number of benzene rings is 2. The molecule has 0 aliphatic heterocycles. The van der Waals surface area contributed by atoms with Crippen LogP contribution in [0.1, 0.15) is 15.9 Å². The molecular weight excluding hydrogens is 363 g/mol. The molecule has 7 heteroatoms. The Kier molecular flexibility index (Phi) is 5.32. The molecule has 0 saturated carbocycles. The van der Waals surface area contributed by atoms with Gasteiger partial charge in [-0.15, -0.1) is 0 Å². The van der Waals surface area contributed by atoms with Gasteiger partial charge in [-0.1, -0.05) is 29.0 Å². The van der Waals surface area contributed by atoms with E-state index in [1.54, 1.807) is 13.2 Å². The molecule has 0 N–H and O–H groups in total. The van der Waals surface area contributed by atoms with Crippen molar-refractivity contribution in [2.75, 3.05) is 13.7 Å². The molecule has 1 aromatic heterocycles. The van der Waals surface area contributed by atoms with Crippen molar-refractivity contribution in [1.82, 2.24) is 4.57 Å². The maximum absolute atomic E-state index is 13.3. The molecule has 130 valence electrons. The predicted octanol–water partition coefficient (Wildman–Crippen LogP) is 4.19. The summed E-state index contributed by atoms with van der Waals surface area (Å²) in [6.07, 6.45) is 0. The van der Waals surface area contributed by atoms with Gasteiger partial charge in [0.2, 0.25) is 0 Å². The van der Waals surface area contributed by atoms with E-state index in [0.29, 0.717) is 23.0 Å². The molecule has 0 aliphatic carbocycles. The lowest BCUT2D eigenvalue weighted by Gasteiger charge is -2.07. The third-order valence-electron chi connectivity index (χ3n) is 3.82. The van der Waals surface area contributed by atoms with Crippen molar-refractivity contribution in [3.8, 4) is 0 Å². The number of aromatic nitrogens is 1. The van der Waals surface area contributed by atoms with Crippen molar-refractivity contribution in [3.63, 3.8) is 0 Å². The first-order valence-corrected chi connectivity index (χ1v) is 8.82. The van der Waals surface area contributed by atoms with E-state index in [9.17, 15) is 9.18 Å². The summed E-state index contributed by atoms with van der Waals surface area (Å²) in [5, 5.41) is 0.652. The summed E-state index contributed by atoms with van der Waals surface area (Å²) in [6, 6.07) is 9.25. The number of fused-ring (bicyclic) bond motifs is 1. The number of nitrogens with zero attached hydrogens (tertiary/aromatic N) is 2. The third-order valence-corrected chi connectivity index (χ3v) is 5.27. The SMILES string of the molecule is COCCn1c(=NC(=O)c2cccc(F)c2)sc2ccc(Cl)c(C)c21. The van der Waals surface area contributed by atoms with Crippen LogP contribution in [-0.2, 0) is 11.3 Å². The molecule has 0 atom stereocenters. The van der Waals surface area contributed by atoms with Crippen LogP contribution in [0.4, 0.5) is 4.39 Å². The Balaban J connectivity index is 2.17. The van der Waals surface area contributed by atoms with Crippen LogP contribution in [0.25, 0.3) is 10.2 Å². The van der Waals surface area contributed by atoms with E-state index >= 15 is 0 Å². The minimum absolute atomic E-state index is 0.213. The van der Waals surface area contributed by atoms with Crippen LogP contribution in [0.15, 0.2) is 41.4 Å². The summed E-state index contributed by atoms with van der Waals surface area (Å²) >= 11 is 7.63. The van der Waals surface area contributed by atoms with Gasteiger partial charge in [-0.25, -0.2) is 4.39 Å². The number of halogens is 2. The topological polar surface area (TPSA) is 43.6 Å². The molecular formula is C18H16ClFN2O2S. The van der Waals surface area contributed by atoms with E-state index in [0.717, 1.165) is 15.8 Å².